The summed E-state index contributed by atoms with van der Waals surface area (Å²) in [4.78, 5) is 24.3. The smallest absolute Gasteiger partial charge is 0.259 e. The van der Waals surface area contributed by atoms with Crippen LogP contribution in [-0.4, -0.2) is 33.9 Å². The van der Waals surface area contributed by atoms with Gasteiger partial charge in [-0.15, -0.1) is 0 Å². The fourth-order valence-corrected chi connectivity index (χ4v) is 3.89. The molecule has 5 heteroatoms. The van der Waals surface area contributed by atoms with E-state index in [0.717, 1.165) is 49.6 Å². The fraction of sp³-hybridized carbons (Fsp3) is 0.292. The highest BCUT2D eigenvalue weighted by Gasteiger charge is 2.28. The van der Waals surface area contributed by atoms with E-state index in [-0.39, 0.29) is 11.9 Å². The Kier molecular flexibility index (Phi) is 5.96. The van der Waals surface area contributed by atoms with E-state index < -0.39 is 0 Å². The topological polar surface area (TPSA) is 58.1 Å². The van der Waals surface area contributed by atoms with Crippen molar-refractivity contribution in [1.29, 1.82) is 0 Å². The fourth-order valence-electron chi connectivity index (χ4n) is 3.89. The number of anilines is 1. The molecule has 1 saturated heterocycles. The monoisotopic (exact) mass is 386 g/mol. The lowest BCUT2D eigenvalue weighted by molar-refractivity contribution is 0.102. The third-order valence-corrected chi connectivity index (χ3v) is 5.47. The summed E-state index contributed by atoms with van der Waals surface area (Å²) in [7, 11) is 0. The van der Waals surface area contributed by atoms with E-state index in [9.17, 15) is 4.79 Å². The zero-order valence-corrected chi connectivity index (χ0v) is 16.7. The molecule has 0 unspecified atom stereocenters. The molecular weight excluding hydrogens is 360 g/mol. The van der Waals surface area contributed by atoms with Crippen LogP contribution in [0.5, 0.6) is 0 Å². The predicted molar refractivity (Wildman–Crippen MR) is 115 cm³/mol. The van der Waals surface area contributed by atoms with Crippen molar-refractivity contribution < 1.29 is 4.79 Å². The van der Waals surface area contributed by atoms with Crippen molar-refractivity contribution >= 4 is 11.6 Å². The summed E-state index contributed by atoms with van der Waals surface area (Å²) in [6.45, 7) is 3.94. The SMILES string of the molecule is Cc1nc([C@H]2CCCN2CCc2ccccc2)ncc1C(=O)Nc1ccccc1. The lowest BCUT2D eigenvalue weighted by Crippen LogP contribution is -2.27. The molecule has 3 aromatic rings. The van der Waals surface area contributed by atoms with Crippen molar-refractivity contribution in [2.75, 3.05) is 18.4 Å². The second-order valence-electron chi connectivity index (χ2n) is 7.48. The normalized spacial score (nSPS) is 16.7. The van der Waals surface area contributed by atoms with Crippen LogP contribution < -0.4 is 5.32 Å². The highest BCUT2D eigenvalue weighted by atomic mass is 16.1. The van der Waals surface area contributed by atoms with Gasteiger partial charge in [0.15, 0.2) is 0 Å². The Labute approximate surface area is 171 Å². The van der Waals surface area contributed by atoms with Gasteiger partial charge in [-0.2, -0.15) is 0 Å². The van der Waals surface area contributed by atoms with E-state index in [1.165, 1.54) is 5.56 Å². The van der Waals surface area contributed by atoms with Crippen molar-refractivity contribution in [3.63, 3.8) is 0 Å². The molecule has 2 heterocycles. The van der Waals surface area contributed by atoms with Crippen LogP contribution in [0.2, 0.25) is 0 Å². The first-order valence-corrected chi connectivity index (χ1v) is 10.2. The number of carbonyl (C=O) groups is 1. The number of aromatic nitrogens is 2. The molecule has 1 aliphatic heterocycles. The van der Waals surface area contributed by atoms with Crippen LogP contribution in [0, 0.1) is 6.92 Å². The zero-order chi connectivity index (χ0) is 20.1. The highest BCUT2D eigenvalue weighted by molar-refractivity contribution is 6.04. The number of likely N-dealkylation sites (tertiary alicyclic amines) is 1. The van der Waals surface area contributed by atoms with Crippen molar-refractivity contribution in [2.45, 2.75) is 32.2 Å². The van der Waals surface area contributed by atoms with Crippen LogP contribution in [-0.2, 0) is 6.42 Å². The minimum absolute atomic E-state index is 0.174. The molecule has 1 aliphatic rings. The van der Waals surface area contributed by atoms with Gasteiger partial charge < -0.3 is 5.32 Å². The van der Waals surface area contributed by atoms with E-state index >= 15 is 0 Å². The molecule has 2 aromatic carbocycles. The maximum absolute atomic E-state index is 12.6. The van der Waals surface area contributed by atoms with Gasteiger partial charge in [-0.1, -0.05) is 48.5 Å². The summed E-state index contributed by atoms with van der Waals surface area (Å²) < 4.78 is 0. The first-order chi connectivity index (χ1) is 14.2. The van der Waals surface area contributed by atoms with Gasteiger partial charge in [-0.05, 0) is 50.4 Å². The number of amides is 1. The summed E-state index contributed by atoms with van der Waals surface area (Å²) in [5.41, 5.74) is 3.36. The van der Waals surface area contributed by atoms with Gasteiger partial charge in [0.2, 0.25) is 0 Å². The molecule has 148 valence electrons. The molecule has 4 rings (SSSR count). The lowest BCUT2D eigenvalue weighted by Gasteiger charge is -2.23. The molecule has 0 bridgehead atoms. The average molecular weight is 386 g/mol. The molecule has 5 nitrogen and oxygen atoms in total. The second kappa shape index (κ2) is 8.97. The molecule has 0 radical (unpaired) electrons. The molecule has 1 fully saturated rings. The number of aryl methyl sites for hydroxylation is 1. The van der Waals surface area contributed by atoms with Gasteiger partial charge in [-0.3, -0.25) is 9.69 Å². The number of rotatable bonds is 6. The molecule has 1 aromatic heterocycles. The van der Waals surface area contributed by atoms with Gasteiger partial charge in [0, 0.05) is 18.4 Å². The van der Waals surface area contributed by atoms with E-state index in [2.05, 4.69) is 39.5 Å². The maximum Gasteiger partial charge on any atom is 0.259 e. The molecular formula is C24H26N4O. The maximum atomic E-state index is 12.6. The van der Waals surface area contributed by atoms with Crippen LogP contribution >= 0.6 is 0 Å². The molecule has 0 saturated carbocycles. The van der Waals surface area contributed by atoms with E-state index in [1.807, 2.05) is 43.3 Å². The van der Waals surface area contributed by atoms with Crippen LogP contribution in [0.3, 0.4) is 0 Å². The first kappa shape index (κ1) is 19.3. The van der Waals surface area contributed by atoms with E-state index in [0.29, 0.717) is 5.56 Å². The Morgan fingerprint density at radius 2 is 1.83 bits per heavy atom. The Bertz CT molecular complexity index is 959. The van der Waals surface area contributed by atoms with Crippen LogP contribution in [0.4, 0.5) is 5.69 Å². The Morgan fingerprint density at radius 1 is 1.10 bits per heavy atom. The molecule has 0 spiro atoms. The van der Waals surface area contributed by atoms with Crippen molar-refractivity contribution in [1.82, 2.24) is 14.9 Å². The standard InChI is InChI=1S/C24H26N4O/c1-18-21(24(29)27-20-11-6-3-7-12-20)17-25-23(26-18)22-13-8-15-28(22)16-14-19-9-4-2-5-10-19/h2-7,9-12,17,22H,8,13-16H2,1H3,(H,27,29)/t22-/m1/s1. The van der Waals surface area contributed by atoms with Gasteiger partial charge in [0.1, 0.15) is 5.82 Å². The lowest BCUT2D eigenvalue weighted by atomic mass is 10.1. The first-order valence-electron chi connectivity index (χ1n) is 10.2. The Balaban J connectivity index is 1.44. The predicted octanol–water partition coefficient (Wildman–Crippen LogP) is 4.42. The minimum atomic E-state index is -0.174. The van der Waals surface area contributed by atoms with Gasteiger partial charge in [0.05, 0.1) is 17.3 Å². The number of nitrogens with one attached hydrogen (secondary N) is 1. The summed E-state index contributed by atoms with van der Waals surface area (Å²) in [5, 5.41) is 2.91. The van der Waals surface area contributed by atoms with Gasteiger partial charge in [0.25, 0.3) is 5.91 Å². The van der Waals surface area contributed by atoms with Crippen molar-refractivity contribution in [2.24, 2.45) is 0 Å². The largest absolute Gasteiger partial charge is 0.322 e. The second-order valence-corrected chi connectivity index (χ2v) is 7.48. The van der Waals surface area contributed by atoms with Crippen molar-refractivity contribution in [3.05, 3.63) is 89.5 Å². The van der Waals surface area contributed by atoms with Crippen LogP contribution in [0.15, 0.2) is 66.9 Å². The Hall–Kier alpha value is -3.05. The van der Waals surface area contributed by atoms with Crippen LogP contribution in [0.1, 0.15) is 46.3 Å². The number of carbonyl (C=O) groups excluding carboxylic acids is 1. The number of hydrogen-bond acceptors (Lipinski definition) is 4. The molecule has 1 N–H and O–H groups in total. The zero-order valence-electron chi connectivity index (χ0n) is 16.7. The quantitative estimate of drug-likeness (QED) is 0.681. The van der Waals surface area contributed by atoms with E-state index in [4.69, 9.17) is 4.98 Å². The number of benzene rings is 2. The summed E-state index contributed by atoms with van der Waals surface area (Å²) in [6, 6.07) is 20.2. The molecule has 1 amide bonds. The summed E-state index contributed by atoms with van der Waals surface area (Å²) in [5.74, 6) is 0.650. The molecule has 1 atom stereocenters. The molecule has 0 aliphatic carbocycles. The third kappa shape index (κ3) is 4.69. The number of para-hydroxylation sites is 1. The average Bonchev–Trinajstić information content (AvgIpc) is 3.22. The molecule has 29 heavy (non-hydrogen) atoms. The van der Waals surface area contributed by atoms with Gasteiger partial charge >= 0.3 is 0 Å². The van der Waals surface area contributed by atoms with E-state index in [1.54, 1.807) is 6.20 Å². The Morgan fingerprint density at radius 3 is 2.55 bits per heavy atom. The van der Waals surface area contributed by atoms with Crippen molar-refractivity contribution in [3.8, 4) is 0 Å². The number of hydrogen-bond donors (Lipinski definition) is 1. The number of nitrogens with zero attached hydrogens (tertiary/aromatic N) is 3. The summed E-state index contributed by atoms with van der Waals surface area (Å²) >= 11 is 0. The van der Waals surface area contributed by atoms with Crippen LogP contribution in [0.25, 0.3) is 0 Å². The van der Waals surface area contributed by atoms with Gasteiger partial charge in [-0.25, -0.2) is 9.97 Å². The highest BCUT2D eigenvalue weighted by Crippen LogP contribution is 2.30. The summed E-state index contributed by atoms with van der Waals surface area (Å²) in [6.07, 6.45) is 4.90. The minimum Gasteiger partial charge on any atom is -0.322 e. The third-order valence-electron chi connectivity index (χ3n) is 5.47.